The first-order valence-electron chi connectivity index (χ1n) is 5.91. The molecule has 102 valence electrons. The van der Waals surface area contributed by atoms with Gasteiger partial charge in [0.1, 0.15) is 0 Å². The molecule has 2 rings (SSSR count). The van der Waals surface area contributed by atoms with E-state index in [1.54, 1.807) is 12.1 Å². The lowest BCUT2D eigenvalue weighted by molar-refractivity contribution is 0.0600. The molecule has 1 fully saturated rings. The zero-order chi connectivity index (χ0) is 13.8. The molecule has 0 unspecified atom stereocenters. The number of carbonyl (C=O) groups is 2. The molecule has 0 amide bonds. The maximum absolute atomic E-state index is 11.6. The Kier molecular flexibility index (Phi) is 4.01. The van der Waals surface area contributed by atoms with Crippen molar-refractivity contribution in [3.63, 3.8) is 0 Å². The van der Waals surface area contributed by atoms with Crippen LogP contribution in [0, 0.1) is 0 Å². The van der Waals surface area contributed by atoms with Gasteiger partial charge in [0.25, 0.3) is 0 Å². The van der Waals surface area contributed by atoms with Crippen molar-refractivity contribution in [2.45, 2.75) is 0 Å². The molecule has 1 saturated heterocycles. The summed E-state index contributed by atoms with van der Waals surface area (Å²) in [5.41, 5.74) is 1.01. The number of hydrogen-bond donors (Lipinski definition) is 1. The van der Waals surface area contributed by atoms with E-state index >= 15 is 0 Å². The fourth-order valence-corrected chi connectivity index (χ4v) is 1.97. The number of carboxylic acid groups (broad SMARTS) is 1. The molecule has 1 heterocycles. The molecule has 0 bridgehead atoms. The van der Waals surface area contributed by atoms with Crippen molar-refractivity contribution in [2.24, 2.45) is 0 Å². The quantitative estimate of drug-likeness (QED) is 0.822. The Morgan fingerprint density at radius 3 is 2.42 bits per heavy atom. The summed E-state index contributed by atoms with van der Waals surface area (Å²) in [7, 11) is 1.27. The van der Waals surface area contributed by atoms with Crippen molar-refractivity contribution in [2.75, 3.05) is 38.3 Å². The monoisotopic (exact) mass is 265 g/mol. The average molecular weight is 265 g/mol. The number of nitrogens with zero attached hydrogens (tertiary/aromatic N) is 1. The smallest absolute Gasteiger partial charge is 0.337 e. The van der Waals surface area contributed by atoms with E-state index in [0.29, 0.717) is 32.0 Å². The van der Waals surface area contributed by atoms with E-state index in [4.69, 9.17) is 9.84 Å². The molecule has 1 aromatic carbocycles. The molecule has 0 saturated carbocycles. The molecule has 1 N–H and O–H groups in total. The van der Waals surface area contributed by atoms with Gasteiger partial charge in [0.2, 0.25) is 0 Å². The number of benzene rings is 1. The van der Waals surface area contributed by atoms with Crippen LogP contribution in [0.25, 0.3) is 0 Å². The van der Waals surface area contributed by atoms with Gasteiger partial charge in [-0.2, -0.15) is 0 Å². The van der Waals surface area contributed by atoms with E-state index in [-0.39, 0.29) is 11.1 Å². The predicted molar refractivity (Wildman–Crippen MR) is 67.8 cm³/mol. The largest absolute Gasteiger partial charge is 0.478 e. The summed E-state index contributed by atoms with van der Waals surface area (Å²) in [5.74, 6) is -1.61. The number of aromatic carboxylic acids is 1. The molecule has 0 atom stereocenters. The van der Waals surface area contributed by atoms with Crippen molar-refractivity contribution in [1.82, 2.24) is 0 Å². The lowest BCUT2D eigenvalue weighted by Crippen LogP contribution is -2.36. The van der Waals surface area contributed by atoms with Crippen LogP contribution < -0.4 is 4.90 Å². The molecular weight excluding hydrogens is 250 g/mol. The van der Waals surface area contributed by atoms with Gasteiger partial charge in [-0.1, -0.05) is 0 Å². The fraction of sp³-hybridized carbons (Fsp3) is 0.385. The van der Waals surface area contributed by atoms with Crippen LogP contribution in [0.3, 0.4) is 0 Å². The lowest BCUT2D eigenvalue weighted by Gasteiger charge is -2.29. The van der Waals surface area contributed by atoms with Crippen LogP contribution >= 0.6 is 0 Å². The molecule has 1 aromatic rings. The first kappa shape index (κ1) is 13.4. The molecule has 0 spiro atoms. The first-order chi connectivity index (χ1) is 9.11. The minimum atomic E-state index is -1.07. The van der Waals surface area contributed by atoms with Gasteiger partial charge in [-0.05, 0) is 18.2 Å². The summed E-state index contributed by atoms with van der Waals surface area (Å²) in [6, 6.07) is 4.52. The maximum atomic E-state index is 11.6. The van der Waals surface area contributed by atoms with Gasteiger partial charge in [0.15, 0.2) is 0 Å². The van der Waals surface area contributed by atoms with E-state index in [9.17, 15) is 9.59 Å². The Labute approximate surface area is 110 Å². The number of carbonyl (C=O) groups excluding carboxylic acids is 1. The summed E-state index contributed by atoms with van der Waals surface area (Å²) in [5, 5.41) is 9.09. The van der Waals surface area contributed by atoms with Gasteiger partial charge in [-0.3, -0.25) is 0 Å². The SMILES string of the molecule is COC(=O)c1cc(C(=O)O)cc(N2CCOCC2)c1. The van der Waals surface area contributed by atoms with E-state index in [1.807, 2.05) is 4.90 Å². The van der Waals surface area contributed by atoms with Crippen LogP contribution in [-0.2, 0) is 9.47 Å². The Hall–Kier alpha value is -2.08. The molecule has 6 nitrogen and oxygen atoms in total. The van der Waals surface area contributed by atoms with Gasteiger partial charge >= 0.3 is 11.9 Å². The van der Waals surface area contributed by atoms with E-state index in [2.05, 4.69) is 4.74 Å². The number of morpholine rings is 1. The van der Waals surface area contributed by atoms with Crippen LogP contribution in [0.2, 0.25) is 0 Å². The summed E-state index contributed by atoms with van der Waals surface area (Å²) in [6.45, 7) is 2.52. The van der Waals surface area contributed by atoms with Crippen molar-refractivity contribution < 1.29 is 24.2 Å². The highest BCUT2D eigenvalue weighted by atomic mass is 16.5. The number of methoxy groups -OCH3 is 1. The number of esters is 1. The van der Waals surface area contributed by atoms with Crippen molar-refractivity contribution in [3.8, 4) is 0 Å². The lowest BCUT2D eigenvalue weighted by atomic mass is 10.1. The number of rotatable bonds is 3. The van der Waals surface area contributed by atoms with E-state index in [0.717, 1.165) is 0 Å². The average Bonchev–Trinajstić information content (AvgIpc) is 2.46. The van der Waals surface area contributed by atoms with Crippen molar-refractivity contribution in [3.05, 3.63) is 29.3 Å². The van der Waals surface area contributed by atoms with Gasteiger partial charge in [-0.15, -0.1) is 0 Å². The van der Waals surface area contributed by atoms with Crippen LogP contribution in [0.15, 0.2) is 18.2 Å². The first-order valence-corrected chi connectivity index (χ1v) is 5.91. The van der Waals surface area contributed by atoms with Gasteiger partial charge in [0.05, 0.1) is 31.5 Å². The molecule has 6 heteroatoms. The minimum absolute atomic E-state index is 0.0735. The number of carboxylic acids is 1. The number of hydrogen-bond acceptors (Lipinski definition) is 5. The normalized spacial score (nSPS) is 15.1. The molecular formula is C13H15NO5. The summed E-state index contributed by atoms with van der Waals surface area (Å²) in [4.78, 5) is 24.7. The highest BCUT2D eigenvalue weighted by Gasteiger charge is 2.17. The van der Waals surface area contributed by atoms with Crippen LogP contribution in [0.1, 0.15) is 20.7 Å². The topological polar surface area (TPSA) is 76.1 Å². The van der Waals surface area contributed by atoms with Crippen molar-refractivity contribution in [1.29, 1.82) is 0 Å². The molecule has 1 aliphatic rings. The third-order valence-corrected chi connectivity index (χ3v) is 2.96. The maximum Gasteiger partial charge on any atom is 0.337 e. The zero-order valence-corrected chi connectivity index (χ0v) is 10.6. The molecule has 0 radical (unpaired) electrons. The second kappa shape index (κ2) is 5.71. The third-order valence-electron chi connectivity index (χ3n) is 2.96. The molecule has 19 heavy (non-hydrogen) atoms. The van der Waals surface area contributed by atoms with Crippen LogP contribution in [0.5, 0.6) is 0 Å². The summed E-state index contributed by atoms with van der Waals surface area (Å²) >= 11 is 0. The van der Waals surface area contributed by atoms with E-state index in [1.165, 1.54) is 13.2 Å². The summed E-state index contributed by atoms with van der Waals surface area (Å²) in [6.07, 6.45) is 0. The second-order valence-corrected chi connectivity index (χ2v) is 4.16. The number of ether oxygens (including phenoxy) is 2. The highest BCUT2D eigenvalue weighted by Crippen LogP contribution is 2.21. The van der Waals surface area contributed by atoms with Crippen molar-refractivity contribution >= 4 is 17.6 Å². The predicted octanol–water partition coefficient (Wildman–Crippen LogP) is 1.01. The van der Waals surface area contributed by atoms with Gasteiger partial charge < -0.3 is 19.5 Å². The summed E-state index contributed by atoms with van der Waals surface area (Å²) < 4.78 is 9.89. The van der Waals surface area contributed by atoms with Gasteiger partial charge in [-0.25, -0.2) is 9.59 Å². The fourth-order valence-electron chi connectivity index (χ4n) is 1.97. The van der Waals surface area contributed by atoms with Gasteiger partial charge in [0, 0.05) is 18.8 Å². The Bertz CT molecular complexity index is 494. The third kappa shape index (κ3) is 3.03. The highest BCUT2D eigenvalue weighted by molar-refractivity contribution is 5.96. The molecule has 1 aliphatic heterocycles. The zero-order valence-electron chi connectivity index (χ0n) is 10.6. The standard InChI is InChI=1S/C13H15NO5/c1-18-13(17)10-6-9(12(15)16)7-11(8-10)14-2-4-19-5-3-14/h6-8H,2-5H2,1H3,(H,15,16). The Morgan fingerprint density at radius 1 is 1.21 bits per heavy atom. The number of anilines is 1. The van der Waals surface area contributed by atoms with E-state index < -0.39 is 11.9 Å². The minimum Gasteiger partial charge on any atom is -0.478 e. The molecule has 0 aliphatic carbocycles. The van der Waals surface area contributed by atoms with Crippen LogP contribution in [-0.4, -0.2) is 50.5 Å². The molecule has 0 aromatic heterocycles. The second-order valence-electron chi connectivity index (χ2n) is 4.16. The Balaban J connectivity index is 2.38. The van der Waals surface area contributed by atoms with Crippen LogP contribution in [0.4, 0.5) is 5.69 Å². The Morgan fingerprint density at radius 2 is 1.84 bits per heavy atom.